The Morgan fingerprint density at radius 3 is 2.64 bits per heavy atom. The van der Waals surface area contributed by atoms with Crippen molar-refractivity contribution < 1.29 is 24.2 Å². The Morgan fingerprint density at radius 2 is 2.00 bits per heavy atom. The number of rotatable bonds is 7. The van der Waals surface area contributed by atoms with Crippen molar-refractivity contribution in [1.82, 2.24) is 16.0 Å². The molecule has 1 aliphatic carbocycles. The molecule has 25 heavy (non-hydrogen) atoms. The third-order valence-corrected chi connectivity index (χ3v) is 5.17. The molecule has 3 rings (SSSR count). The van der Waals surface area contributed by atoms with E-state index in [-0.39, 0.29) is 43.2 Å². The molecular formula is C17H29N3O5. The second kappa shape index (κ2) is 8.33. The molecule has 2 saturated heterocycles. The maximum absolute atomic E-state index is 11.8. The van der Waals surface area contributed by atoms with Crippen LogP contribution < -0.4 is 16.0 Å². The maximum Gasteiger partial charge on any atom is 0.315 e. The summed E-state index contributed by atoms with van der Waals surface area (Å²) in [6, 6.07) is 0.0562. The summed E-state index contributed by atoms with van der Waals surface area (Å²) in [4.78, 5) is 23.6. The van der Waals surface area contributed by atoms with Crippen LogP contribution in [-0.2, 0) is 14.3 Å². The average Bonchev–Trinajstić information content (AvgIpc) is 3.06. The second-order valence-corrected chi connectivity index (χ2v) is 7.20. The fourth-order valence-electron chi connectivity index (χ4n) is 3.53. The normalized spacial score (nSPS) is 34.2. The standard InChI is InChI=1S/C17H29N3O5/c1-2-6-18-14(21)8-11-7-12-16(24-11)15(22)13(25-12)9-19-17(23)20-10-4-3-5-10/h10-13,15-16,22H,2-9H2,1H3,(H,18,21)(H2,19,20,23)/t11-,12-,13-,15-,16+/m1/s1. The number of aliphatic hydroxyl groups excluding tert-OH is 1. The molecule has 0 aromatic rings. The first kappa shape index (κ1) is 18.4. The lowest BCUT2D eigenvalue weighted by atomic mass is 9.93. The molecular weight excluding hydrogens is 326 g/mol. The number of carbonyl (C=O) groups excluding carboxylic acids is 2. The van der Waals surface area contributed by atoms with Crippen molar-refractivity contribution in [1.29, 1.82) is 0 Å². The van der Waals surface area contributed by atoms with Crippen molar-refractivity contribution in [3.05, 3.63) is 0 Å². The summed E-state index contributed by atoms with van der Waals surface area (Å²) >= 11 is 0. The maximum atomic E-state index is 11.8. The summed E-state index contributed by atoms with van der Waals surface area (Å²) in [7, 11) is 0. The van der Waals surface area contributed by atoms with Gasteiger partial charge in [0, 0.05) is 25.6 Å². The zero-order chi connectivity index (χ0) is 17.8. The highest BCUT2D eigenvalue weighted by Gasteiger charge is 2.50. The van der Waals surface area contributed by atoms with Crippen molar-refractivity contribution in [2.24, 2.45) is 0 Å². The van der Waals surface area contributed by atoms with Crippen LogP contribution in [0.25, 0.3) is 0 Å². The van der Waals surface area contributed by atoms with Crippen LogP contribution in [0.4, 0.5) is 4.79 Å². The Balaban J connectivity index is 1.37. The monoisotopic (exact) mass is 355 g/mol. The highest BCUT2D eigenvalue weighted by atomic mass is 16.6. The predicted octanol–water partition coefficient (Wildman–Crippen LogP) is 0.0402. The number of amides is 3. The van der Waals surface area contributed by atoms with Gasteiger partial charge in [0.05, 0.1) is 18.6 Å². The molecule has 4 N–H and O–H groups in total. The molecule has 3 fully saturated rings. The van der Waals surface area contributed by atoms with Crippen molar-refractivity contribution in [3.63, 3.8) is 0 Å². The van der Waals surface area contributed by atoms with Gasteiger partial charge in [-0.15, -0.1) is 0 Å². The Kier molecular flexibility index (Phi) is 6.14. The Hall–Kier alpha value is -1.38. The summed E-state index contributed by atoms with van der Waals surface area (Å²) in [6.45, 7) is 2.91. The molecule has 0 bridgehead atoms. The highest BCUT2D eigenvalue weighted by molar-refractivity contribution is 5.76. The van der Waals surface area contributed by atoms with Crippen LogP contribution in [0.5, 0.6) is 0 Å². The van der Waals surface area contributed by atoms with Gasteiger partial charge in [0.15, 0.2) is 0 Å². The van der Waals surface area contributed by atoms with E-state index >= 15 is 0 Å². The molecule has 0 radical (unpaired) electrons. The van der Waals surface area contributed by atoms with Crippen LogP contribution in [-0.4, -0.2) is 66.7 Å². The van der Waals surface area contributed by atoms with Crippen LogP contribution in [0.2, 0.25) is 0 Å². The molecule has 5 atom stereocenters. The Morgan fingerprint density at radius 1 is 1.20 bits per heavy atom. The smallest absolute Gasteiger partial charge is 0.315 e. The summed E-state index contributed by atoms with van der Waals surface area (Å²) in [5.41, 5.74) is 0. The van der Waals surface area contributed by atoms with Gasteiger partial charge in [-0.3, -0.25) is 4.79 Å². The molecule has 0 spiro atoms. The topological polar surface area (TPSA) is 109 Å². The third-order valence-electron chi connectivity index (χ3n) is 5.17. The summed E-state index contributed by atoms with van der Waals surface area (Å²) in [5, 5.41) is 18.9. The first-order valence-electron chi connectivity index (χ1n) is 9.37. The lowest BCUT2D eigenvalue weighted by Crippen LogP contribution is -2.48. The van der Waals surface area contributed by atoms with Crippen molar-refractivity contribution in [3.8, 4) is 0 Å². The fraction of sp³-hybridized carbons (Fsp3) is 0.882. The number of nitrogens with one attached hydrogen (secondary N) is 3. The number of hydrogen-bond acceptors (Lipinski definition) is 5. The lowest BCUT2D eigenvalue weighted by molar-refractivity contribution is -0.124. The number of fused-ring (bicyclic) bond motifs is 1. The van der Waals surface area contributed by atoms with E-state index in [4.69, 9.17) is 9.47 Å². The van der Waals surface area contributed by atoms with Gasteiger partial charge in [-0.2, -0.15) is 0 Å². The first-order chi connectivity index (χ1) is 12.1. The molecule has 3 amide bonds. The molecule has 142 valence electrons. The van der Waals surface area contributed by atoms with Crippen LogP contribution in [0.1, 0.15) is 45.4 Å². The molecule has 0 unspecified atom stereocenters. The van der Waals surface area contributed by atoms with E-state index in [1.165, 1.54) is 0 Å². The van der Waals surface area contributed by atoms with E-state index in [9.17, 15) is 14.7 Å². The zero-order valence-corrected chi connectivity index (χ0v) is 14.7. The van der Waals surface area contributed by atoms with Gasteiger partial charge in [-0.25, -0.2) is 4.79 Å². The molecule has 0 aromatic carbocycles. The van der Waals surface area contributed by atoms with Gasteiger partial charge in [-0.05, 0) is 25.7 Å². The van der Waals surface area contributed by atoms with E-state index in [2.05, 4.69) is 16.0 Å². The molecule has 2 heterocycles. The van der Waals surface area contributed by atoms with Gasteiger partial charge in [0.1, 0.15) is 18.3 Å². The quantitative estimate of drug-likeness (QED) is 0.516. The van der Waals surface area contributed by atoms with Crippen LogP contribution in [0, 0.1) is 0 Å². The molecule has 3 aliphatic rings. The van der Waals surface area contributed by atoms with E-state index in [1.54, 1.807) is 0 Å². The van der Waals surface area contributed by atoms with E-state index < -0.39 is 18.3 Å². The van der Waals surface area contributed by atoms with Gasteiger partial charge in [-0.1, -0.05) is 6.92 Å². The number of carbonyl (C=O) groups is 2. The predicted molar refractivity (Wildman–Crippen MR) is 90.0 cm³/mol. The van der Waals surface area contributed by atoms with E-state index in [0.29, 0.717) is 13.0 Å². The minimum absolute atomic E-state index is 0.0350. The largest absolute Gasteiger partial charge is 0.388 e. The number of hydrogen-bond donors (Lipinski definition) is 4. The van der Waals surface area contributed by atoms with Gasteiger partial charge < -0.3 is 30.5 Å². The summed E-state index contributed by atoms with van der Waals surface area (Å²) < 4.78 is 11.6. The van der Waals surface area contributed by atoms with Gasteiger partial charge in [0.2, 0.25) is 5.91 Å². The third kappa shape index (κ3) is 4.62. The minimum atomic E-state index is -0.794. The summed E-state index contributed by atoms with van der Waals surface area (Å²) in [5.74, 6) is -0.0350. The Bertz CT molecular complexity index is 485. The minimum Gasteiger partial charge on any atom is -0.388 e. The number of aliphatic hydroxyl groups is 1. The average molecular weight is 355 g/mol. The lowest BCUT2D eigenvalue weighted by Gasteiger charge is -2.27. The van der Waals surface area contributed by atoms with Crippen molar-refractivity contribution in [2.75, 3.05) is 13.1 Å². The molecule has 8 heteroatoms. The number of ether oxygens (including phenoxy) is 2. The fourth-order valence-corrected chi connectivity index (χ4v) is 3.53. The zero-order valence-electron chi connectivity index (χ0n) is 14.7. The van der Waals surface area contributed by atoms with Crippen LogP contribution >= 0.6 is 0 Å². The van der Waals surface area contributed by atoms with E-state index in [1.807, 2.05) is 6.92 Å². The van der Waals surface area contributed by atoms with Crippen LogP contribution in [0.15, 0.2) is 0 Å². The molecule has 0 aromatic heterocycles. The van der Waals surface area contributed by atoms with Gasteiger partial charge >= 0.3 is 6.03 Å². The highest BCUT2D eigenvalue weighted by Crippen LogP contribution is 2.35. The first-order valence-corrected chi connectivity index (χ1v) is 9.37. The van der Waals surface area contributed by atoms with E-state index in [0.717, 1.165) is 25.7 Å². The van der Waals surface area contributed by atoms with Gasteiger partial charge in [0.25, 0.3) is 0 Å². The summed E-state index contributed by atoms with van der Waals surface area (Å²) in [6.07, 6.45) is 2.85. The van der Waals surface area contributed by atoms with Crippen molar-refractivity contribution >= 4 is 11.9 Å². The molecule has 8 nitrogen and oxygen atoms in total. The Labute approximate surface area is 148 Å². The molecule has 1 saturated carbocycles. The SMILES string of the molecule is CCCNC(=O)C[C@H]1C[C@H]2O[C@H](CNC(=O)NC3CCC3)[C@@H](O)[C@H]2O1. The van der Waals surface area contributed by atoms with Crippen molar-refractivity contribution in [2.45, 2.75) is 82.0 Å². The van der Waals surface area contributed by atoms with Crippen LogP contribution in [0.3, 0.4) is 0 Å². The number of urea groups is 1. The second-order valence-electron chi connectivity index (χ2n) is 7.20. The molecule has 2 aliphatic heterocycles.